The summed E-state index contributed by atoms with van der Waals surface area (Å²) in [5, 5.41) is 9.57. The normalized spacial score (nSPS) is 15.5. The molecular weight excluding hydrogens is 378 g/mol. The molecule has 0 aromatic carbocycles. The molecule has 1 amide bonds. The molecule has 0 aromatic heterocycles. The lowest BCUT2D eigenvalue weighted by Crippen LogP contribution is -2.53. The summed E-state index contributed by atoms with van der Waals surface area (Å²) >= 11 is 0. The zero-order chi connectivity index (χ0) is 24.1. The number of hydrogen-bond donors (Lipinski definition) is 3. The SMILES string of the molecule is CC(C)(C)NC(CCNC(=O)CC(NC(C)(C)C)C(=O)C(C)(C)C)C(=O)C(C)(C)C. The van der Waals surface area contributed by atoms with Crippen molar-refractivity contribution in [3.63, 3.8) is 0 Å². The van der Waals surface area contributed by atoms with Crippen molar-refractivity contribution in [2.24, 2.45) is 10.8 Å². The number of carbonyl (C=O) groups excluding carboxylic acids is 3. The van der Waals surface area contributed by atoms with Crippen molar-refractivity contribution in [3.8, 4) is 0 Å². The fraction of sp³-hybridized carbons (Fsp3) is 0.875. The zero-order valence-electron chi connectivity index (χ0n) is 21.5. The summed E-state index contributed by atoms with van der Waals surface area (Å²) in [6.07, 6.45) is 0.585. The highest BCUT2D eigenvalue weighted by Gasteiger charge is 2.34. The summed E-state index contributed by atoms with van der Waals surface area (Å²) in [7, 11) is 0. The lowest BCUT2D eigenvalue weighted by atomic mass is 9.84. The van der Waals surface area contributed by atoms with Crippen molar-refractivity contribution < 1.29 is 14.4 Å². The minimum atomic E-state index is -0.551. The van der Waals surface area contributed by atoms with Gasteiger partial charge in [-0.05, 0) is 48.0 Å². The third-order valence-electron chi connectivity index (χ3n) is 4.47. The van der Waals surface area contributed by atoms with Gasteiger partial charge in [0.1, 0.15) is 0 Å². The quantitative estimate of drug-likeness (QED) is 0.525. The van der Waals surface area contributed by atoms with Gasteiger partial charge < -0.3 is 16.0 Å². The van der Waals surface area contributed by atoms with Gasteiger partial charge in [0, 0.05) is 34.9 Å². The maximum Gasteiger partial charge on any atom is 0.222 e. The van der Waals surface area contributed by atoms with Crippen molar-refractivity contribution in [2.75, 3.05) is 6.54 Å². The van der Waals surface area contributed by atoms with Crippen LogP contribution in [0.4, 0.5) is 0 Å². The topological polar surface area (TPSA) is 87.3 Å². The van der Waals surface area contributed by atoms with Gasteiger partial charge in [0.25, 0.3) is 0 Å². The first kappa shape index (κ1) is 28.7. The van der Waals surface area contributed by atoms with E-state index < -0.39 is 16.9 Å². The standard InChI is InChI=1S/C24H47N3O3/c1-21(2,3)19(29)16(26-23(7,8)9)13-14-25-18(28)15-17(27-24(10,11)12)20(30)22(4,5)6/h16-17,26-27H,13-15H2,1-12H3,(H,25,28). The smallest absolute Gasteiger partial charge is 0.222 e. The molecule has 0 bridgehead atoms. The minimum absolute atomic E-state index is 0.0164. The number of ketones is 2. The second kappa shape index (κ2) is 10.4. The average molecular weight is 426 g/mol. The lowest BCUT2D eigenvalue weighted by molar-refractivity contribution is -0.132. The summed E-state index contributed by atoms with van der Waals surface area (Å²) in [5.41, 5.74) is -1.50. The predicted molar refractivity (Wildman–Crippen MR) is 125 cm³/mol. The third kappa shape index (κ3) is 11.8. The molecule has 0 aliphatic carbocycles. The molecule has 2 atom stereocenters. The number of carbonyl (C=O) groups is 3. The molecule has 0 aromatic rings. The summed E-state index contributed by atoms with van der Waals surface area (Å²) in [5.74, 6) is -0.0447. The first-order valence-electron chi connectivity index (χ1n) is 11.0. The second-order valence-electron chi connectivity index (χ2n) is 12.5. The maximum absolute atomic E-state index is 12.8. The van der Waals surface area contributed by atoms with E-state index in [0.29, 0.717) is 13.0 Å². The first-order valence-corrected chi connectivity index (χ1v) is 11.0. The highest BCUT2D eigenvalue weighted by molar-refractivity contribution is 5.93. The first-order chi connectivity index (χ1) is 13.1. The van der Waals surface area contributed by atoms with Gasteiger partial charge in [-0.3, -0.25) is 14.4 Å². The van der Waals surface area contributed by atoms with Gasteiger partial charge in [-0.1, -0.05) is 41.5 Å². The van der Waals surface area contributed by atoms with E-state index in [2.05, 4.69) is 16.0 Å². The van der Waals surface area contributed by atoms with Crippen LogP contribution in [-0.4, -0.2) is 47.2 Å². The van der Waals surface area contributed by atoms with Crippen LogP contribution in [0.3, 0.4) is 0 Å². The molecule has 0 saturated heterocycles. The van der Waals surface area contributed by atoms with E-state index in [1.807, 2.05) is 83.1 Å². The molecule has 0 fully saturated rings. The molecule has 0 aliphatic heterocycles. The van der Waals surface area contributed by atoms with E-state index in [0.717, 1.165) is 0 Å². The summed E-state index contributed by atoms with van der Waals surface area (Å²) in [4.78, 5) is 38.2. The molecule has 30 heavy (non-hydrogen) atoms. The zero-order valence-corrected chi connectivity index (χ0v) is 21.5. The number of amides is 1. The van der Waals surface area contributed by atoms with Crippen LogP contribution < -0.4 is 16.0 Å². The molecule has 6 heteroatoms. The highest BCUT2D eigenvalue weighted by Crippen LogP contribution is 2.21. The van der Waals surface area contributed by atoms with Crippen molar-refractivity contribution in [1.82, 2.24) is 16.0 Å². The van der Waals surface area contributed by atoms with Crippen LogP contribution in [0.15, 0.2) is 0 Å². The minimum Gasteiger partial charge on any atom is -0.356 e. The summed E-state index contributed by atoms with van der Waals surface area (Å²) in [6.45, 7) is 23.7. The Labute approximate surface area is 184 Å². The van der Waals surface area contributed by atoms with E-state index in [9.17, 15) is 14.4 Å². The third-order valence-corrected chi connectivity index (χ3v) is 4.47. The Hall–Kier alpha value is -1.27. The Morgan fingerprint density at radius 3 is 1.37 bits per heavy atom. The van der Waals surface area contributed by atoms with Gasteiger partial charge in [0.15, 0.2) is 11.6 Å². The van der Waals surface area contributed by atoms with E-state index in [1.54, 1.807) is 0 Å². The highest BCUT2D eigenvalue weighted by atomic mass is 16.2. The van der Waals surface area contributed by atoms with E-state index in [-0.39, 0.29) is 41.0 Å². The van der Waals surface area contributed by atoms with Crippen molar-refractivity contribution in [2.45, 2.75) is 119 Å². The van der Waals surface area contributed by atoms with E-state index in [4.69, 9.17) is 0 Å². The summed E-state index contributed by atoms with van der Waals surface area (Å²) in [6, 6.07) is -0.894. The molecule has 0 saturated carbocycles. The van der Waals surface area contributed by atoms with Crippen molar-refractivity contribution >= 4 is 17.5 Å². The number of Topliss-reactive ketones (excluding diaryl/α,β-unsaturated/α-hetero) is 2. The predicted octanol–water partition coefficient (Wildman–Crippen LogP) is 3.63. The van der Waals surface area contributed by atoms with Gasteiger partial charge >= 0.3 is 0 Å². The molecule has 0 aliphatic rings. The van der Waals surface area contributed by atoms with Crippen LogP contribution in [0.2, 0.25) is 0 Å². The largest absolute Gasteiger partial charge is 0.356 e. The van der Waals surface area contributed by atoms with Gasteiger partial charge in [-0.2, -0.15) is 0 Å². The van der Waals surface area contributed by atoms with Gasteiger partial charge in [-0.15, -0.1) is 0 Å². The van der Waals surface area contributed by atoms with Gasteiger partial charge in [-0.25, -0.2) is 0 Å². The Morgan fingerprint density at radius 2 is 1.00 bits per heavy atom. The average Bonchev–Trinajstić information content (AvgIpc) is 2.47. The Balaban J connectivity index is 5.08. The Bertz CT molecular complexity index is 599. The monoisotopic (exact) mass is 425 g/mol. The van der Waals surface area contributed by atoms with Crippen LogP contribution in [0.1, 0.15) is 95.9 Å². The molecule has 2 unspecified atom stereocenters. The maximum atomic E-state index is 12.8. The van der Waals surface area contributed by atoms with Crippen LogP contribution >= 0.6 is 0 Å². The fourth-order valence-corrected chi connectivity index (χ4v) is 3.18. The van der Waals surface area contributed by atoms with Crippen LogP contribution in [-0.2, 0) is 14.4 Å². The summed E-state index contributed by atoms with van der Waals surface area (Å²) < 4.78 is 0. The van der Waals surface area contributed by atoms with E-state index >= 15 is 0 Å². The van der Waals surface area contributed by atoms with Crippen molar-refractivity contribution in [1.29, 1.82) is 0 Å². The molecule has 176 valence electrons. The Morgan fingerprint density at radius 1 is 0.633 bits per heavy atom. The molecule has 0 radical (unpaired) electrons. The molecule has 0 heterocycles. The Kier molecular flexibility index (Phi) is 9.92. The molecule has 0 rings (SSSR count). The van der Waals surface area contributed by atoms with Gasteiger partial charge in [0.05, 0.1) is 12.1 Å². The van der Waals surface area contributed by atoms with Crippen molar-refractivity contribution in [3.05, 3.63) is 0 Å². The number of rotatable bonds is 9. The second-order valence-corrected chi connectivity index (χ2v) is 12.5. The van der Waals surface area contributed by atoms with Crippen LogP contribution in [0.5, 0.6) is 0 Å². The molecule has 3 N–H and O–H groups in total. The van der Waals surface area contributed by atoms with Crippen LogP contribution in [0.25, 0.3) is 0 Å². The van der Waals surface area contributed by atoms with Crippen LogP contribution in [0, 0.1) is 10.8 Å². The number of nitrogens with one attached hydrogen (secondary N) is 3. The molecular formula is C24H47N3O3. The van der Waals surface area contributed by atoms with Gasteiger partial charge in [0.2, 0.25) is 5.91 Å². The molecule has 0 spiro atoms. The molecule has 6 nitrogen and oxygen atoms in total. The fourth-order valence-electron chi connectivity index (χ4n) is 3.18. The number of hydrogen-bond acceptors (Lipinski definition) is 5. The lowest BCUT2D eigenvalue weighted by Gasteiger charge is -2.32. The van der Waals surface area contributed by atoms with E-state index in [1.165, 1.54) is 0 Å².